The molecule has 0 aliphatic carbocycles. The summed E-state index contributed by atoms with van der Waals surface area (Å²) in [4.78, 5) is 86.1. The van der Waals surface area contributed by atoms with E-state index in [2.05, 4.69) is 16.0 Å². The van der Waals surface area contributed by atoms with Crippen LogP contribution in [0.4, 0.5) is 26.3 Å². The van der Waals surface area contributed by atoms with Crippen molar-refractivity contribution >= 4 is 41.8 Å². The van der Waals surface area contributed by atoms with Crippen LogP contribution in [-0.4, -0.2) is 89.5 Å². The molecule has 5 aliphatic rings. The average molecular weight is 1140 g/mol. The molecule has 432 valence electrons. The number of methoxy groups -OCH3 is 3. The number of hydrogen-bond acceptors (Lipinski definition) is 17. The first-order valence-electron chi connectivity index (χ1n) is 25.2. The second kappa shape index (κ2) is 26.1. The maximum Gasteiger partial charge on any atom is 0.337 e. The summed E-state index contributed by atoms with van der Waals surface area (Å²) >= 11 is 0. The summed E-state index contributed by atoms with van der Waals surface area (Å²) < 4.78 is 121. The van der Waals surface area contributed by atoms with E-state index in [-0.39, 0.29) is 105 Å². The molecule has 23 heteroatoms. The second-order valence-electron chi connectivity index (χ2n) is 18.7. The van der Waals surface area contributed by atoms with Crippen LogP contribution < -0.4 is 16.0 Å². The van der Waals surface area contributed by atoms with Crippen molar-refractivity contribution in [1.82, 2.24) is 16.0 Å². The van der Waals surface area contributed by atoms with Gasteiger partial charge in [0.2, 0.25) is 0 Å². The zero-order chi connectivity index (χ0) is 59.9. The Hall–Kier alpha value is -8.63. The number of cyclic esters (lactones) is 2. The molecule has 0 saturated carbocycles. The molecule has 0 aromatic heterocycles. The zero-order valence-corrected chi connectivity index (χ0v) is 46.0. The quantitative estimate of drug-likeness (QED) is 0.0826. The van der Waals surface area contributed by atoms with E-state index in [0.29, 0.717) is 22.8 Å². The first kappa shape index (κ1) is 61.6. The Morgan fingerprint density at radius 1 is 0.543 bits per heavy atom. The van der Waals surface area contributed by atoms with Crippen molar-refractivity contribution in [2.24, 2.45) is 0 Å². The minimum Gasteiger partial charge on any atom is -0.466 e. The van der Waals surface area contributed by atoms with Crippen LogP contribution in [0.15, 0.2) is 122 Å². The van der Waals surface area contributed by atoms with Gasteiger partial charge in [-0.15, -0.1) is 0 Å². The lowest BCUT2D eigenvalue weighted by Crippen LogP contribution is -2.35. The van der Waals surface area contributed by atoms with Crippen LogP contribution >= 0.6 is 0 Å². The van der Waals surface area contributed by atoms with E-state index in [4.69, 9.17) is 33.2 Å². The minimum atomic E-state index is -1.73. The summed E-state index contributed by atoms with van der Waals surface area (Å²) in [6, 6.07) is 12.0. The molecule has 6 atom stereocenters. The van der Waals surface area contributed by atoms with Gasteiger partial charge in [-0.2, -0.15) is 0 Å². The van der Waals surface area contributed by atoms with Gasteiger partial charge in [0.1, 0.15) is 55.8 Å². The molecule has 0 radical (unpaired) electrons. The molecule has 3 N–H and O–H groups in total. The fourth-order valence-electron chi connectivity index (χ4n) is 10.3. The van der Waals surface area contributed by atoms with Gasteiger partial charge in [0.15, 0.2) is 0 Å². The lowest BCUT2D eigenvalue weighted by atomic mass is 9.77. The van der Waals surface area contributed by atoms with E-state index in [1.807, 2.05) is 0 Å². The normalized spacial score (nSPS) is 19.4. The van der Waals surface area contributed by atoms with Gasteiger partial charge in [-0.05, 0) is 83.4 Å². The highest BCUT2D eigenvalue weighted by Gasteiger charge is 2.46. The van der Waals surface area contributed by atoms with Gasteiger partial charge in [0.05, 0.1) is 96.2 Å². The fourth-order valence-corrected chi connectivity index (χ4v) is 10.3. The molecule has 0 bridgehead atoms. The zero-order valence-electron chi connectivity index (χ0n) is 46.0. The van der Waals surface area contributed by atoms with Crippen molar-refractivity contribution in [2.75, 3.05) is 47.8 Å². The Bertz CT molecular complexity index is 3150. The lowest BCUT2D eigenvalue weighted by Gasteiger charge is -2.32. The largest absolute Gasteiger partial charge is 0.466 e. The Morgan fingerprint density at radius 2 is 0.889 bits per heavy atom. The number of dihydropyridines is 3. The average Bonchev–Trinajstić information content (AvgIpc) is 3.98. The molecule has 0 saturated heterocycles. The summed E-state index contributed by atoms with van der Waals surface area (Å²) in [5.41, 5.74) is 2.66. The van der Waals surface area contributed by atoms with Gasteiger partial charge in [-0.3, -0.25) is 4.79 Å². The number of ether oxygens (including phenoxy) is 7. The first-order chi connectivity index (χ1) is 38.4. The summed E-state index contributed by atoms with van der Waals surface area (Å²) in [7, 11) is 3.58. The highest BCUT2D eigenvalue weighted by Crippen LogP contribution is 2.47. The van der Waals surface area contributed by atoms with E-state index < -0.39 is 95.5 Å². The van der Waals surface area contributed by atoms with Gasteiger partial charge in [-0.1, -0.05) is 36.4 Å². The van der Waals surface area contributed by atoms with E-state index in [9.17, 15) is 59.9 Å². The Kier molecular flexibility index (Phi) is 19.8. The molecule has 5 heterocycles. The molecular formula is C58H59F6N3O14. The minimum absolute atomic E-state index is 0.00960. The standard InChI is InChI=1S/C22H25F2NO6.2C18H17F2NO4/c1-6-30-22(28)20-16(10-31-13(4)26)25-12(3)18(21(27)29-5)19(20)14-8-7-9-15(24)17(14)11(2)23;2*1-8(19)13-10(5-4-6-11(13)20)15-14(17(22)24-3)9(2)21-12-7-25-18(23)16(12)15/h7-9,11,19,25H,6,10H2,1-5H3;2*4-6,8,15,21H,7H2,1-3H3/t;8-,15+;8-,15-/m.10/s1. The molecule has 81 heavy (non-hydrogen) atoms. The summed E-state index contributed by atoms with van der Waals surface area (Å²) in [6.07, 6.45) is -4.97. The van der Waals surface area contributed by atoms with Crippen molar-refractivity contribution in [2.45, 2.75) is 91.7 Å². The van der Waals surface area contributed by atoms with Crippen LogP contribution in [0.3, 0.4) is 0 Å². The number of alkyl halides is 3. The molecule has 0 fully saturated rings. The third-order valence-electron chi connectivity index (χ3n) is 13.6. The predicted molar refractivity (Wildman–Crippen MR) is 276 cm³/mol. The number of esters is 7. The molecule has 3 aromatic carbocycles. The smallest absolute Gasteiger partial charge is 0.337 e. The van der Waals surface area contributed by atoms with E-state index in [1.165, 1.54) is 71.4 Å². The van der Waals surface area contributed by atoms with Gasteiger partial charge < -0.3 is 49.1 Å². The van der Waals surface area contributed by atoms with Crippen molar-refractivity contribution in [1.29, 1.82) is 0 Å². The van der Waals surface area contributed by atoms with Crippen LogP contribution in [0.25, 0.3) is 0 Å². The number of benzene rings is 3. The lowest BCUT2D eigenvalue weighted by molar-refractivity contribution is -0.142. The molecule has 17 nitrogen and oxygen atoms in total. The molecule has 2 unspecified atom stereocenters. The number of halogens is 6. The Balaban J connectivity index is 0.000000197. The van der Waals surface area contributed by atoms with E-state index in [0.717, 1.165) is 32.2 Å². The molecular weight excluding hydrogens is 1080 g/mol. The second-order valence-corrected chi connectivity index (χ2v) is 18.7. The van der Waals surface area contributed by atoms with Crippen molar-refractivity contribution < 1.29 is 93.1 Å². The third kappa shape index (κ3) is 12.6. The van der Waals surface area contributed by atoms with Gasteiger partial charge >= 0.3 is 41.8 Å². The van der Waals surface area contributed by atoms with Crippen molar-refractivity contribution in [3.63, 3.8) is 0 Å². The van der Waals surface area contributed by atoms with Gasteiger partial charge in [0.25, 0.3) is 0 Å². The summed E-state index contributed by atoms with van der Waals surface area (Å²) in [5, 5.41) is 8.81. The summed E-state index contributed by atoms with van der Waals surface area (Å²) in [5.74, 6) is -10.2. The highest BCUT2D eigenvalue weighted by atomic mass is 19.2. The molecule has 5 aliphatic heterocycles. The van der Waals surface area contributed by atoms with Gasteiger partial charge in [-0.25, -0.2) is 55.1 Å². The molecule has 0 spiro atoms. The van der Waals surface area contributed by atoms with Crippen LogP contribution in [0, 0.1) is 17.5 Å². The highest BCUT2D eigenvalue weighted by molar-refractivity contribution is 6.03. The predicted octanol–water partition coefficient (Wildman–Crippen LogP) is 8.97. The maximum atomic E-state index is 14.6. The number of nitrogens with one attached hydrogen (secondary N) is 3. The van der Waals surface area contributed by atoms with Crippen molar-refractivity contribution in [3.8, 4) is 0 Å². The van der Waals surface area contributed by atoms with E-state index in [1.54, 1.807) is 27.7 Å². The molecule has 3 aromatic rings. The van der Waals surface area contributed by atoms with E-state index >= 15 is 0 Å². The molecule has 8 rings (SSSR count). The number of allylic oxidation sites excluding steroid dienone is 3. The Morgan fingerprint density at radius 3 is 1.22 bits per heavy atom. The number of rotatable bonds is 13. The van der Waals surface area contributed by atoms with Crippen molar-refractivity contribution in [3.05, 3.63) is 173 Å². The summed E-state index contributed by atoms with van der Waals surface area (Å²) in [6.45, 7) is 10.9. The fraction of sp³-hybridized carbons (Fsp3) is 0.362. The number of carbonyl (C=O) groups excluding carboxylic acids is 7. The van der Waals surface area contributed by atoms with Gasteiger partial charge in [0, 0.05) is 40.7 Å². The number of hydrogen-bond donors (Lipinski definition) is 3. The van der Waals surface area contributed by atoms with Crippen LogP contribution in [-0.2, 0) is 66.7 Å². The Labute approximate surface area is 462 Å². The topological polar surface area (TPSA) is 220 Å². The monoisotopic (exact) mass is 1140 g/mol. The SMILES string of the molecule is CCOC(=O)C1=C(COC(C)=O)NC(C)=C(C(=O)OC)C1c1cccc(F)c1C(C)F.COC(=O)C1=C(C)NC2=C(C(=O)OC2)[C@H]1c1cccc(F)c1[C@@H](C)F.COC(=O)C1=C(C)NC2=C(C(=O)OC2)[C@H]1c1cccc(F)c1[C@H](C)F. The first-order valence-corrected chi connectivity index (χ1v) is 25.2. The maximum absolute atomic E-state index is 14.6. The van der Waals surface area contributed by atoms with Crippen LogP contribution in [0.5, 0.6) is 0 Å². The third-order valence-corrected chi connectivity index (χ3v) is 13.6. The van der Waals surface area contributed by atoms with Crippen LogP contribution in [0.1, 0.15) is 125 Å². The van der Waals surface area contributed by atoms with Crippen LogP contribution in [0.2, 0.25) is 0 Å². The number of carbonyl (C=O) groups is 7. The molecule has 0 amide bonds.